The fourth-order valence-corrected chi connectivity index (χ4v) is 2.87. The highest BCUT2D eigenvalue weighted by Crippen LogP contribution is 2.20. The molecule has 31 heavy (non-hydrogen) atoms. The number of anilines is 1. The maximum atomic E-state index is 12.3. The molecule has 0 aliphatic rings. The van der Waals surface area contributed by atoms with Gasteiger partial charge in [0.05, 0.1) is 0 Å². The Hall–Kier alpha value is -3.10. The van der Waals surface area contributed by atoms with Crippen molar-refractivity contribution in [1.82, 2.24) is 20.4 Å². The number of carbonyl (C=O) groups is 2. The maximum absolute atomic E-state index is 12.3. The van der Waals surface area contributed by atoms with Gasteiger partial charge in [-0.05, 0) is 42.3 Å². The second-order valence-electron chi connectivity index (χ2n) is 6.89. The van der Waals surface area contributed by atoms with Gasteiger partial charge >= 0.3 is 17.8 Å². The van der Waals surface area contributed by atoms with Crippen LogP contribution in [0.5, 0.6) is 0 Å². The van der Waals surface area contributed by atoms with Gasteiger partial charge in [0.1, 0.15) is 0 Å². The molecule has 0 atom stereocenters. The number of rotatable bonds is 7. The van der Waals surface area contributed by atoms with E-state index in [-0.39, 0.29) is 11.9 Å². The third-order valence-electron chi connectivity index (χ3n) is 4.47. The molecule has 10 heteroatoms. The Balaban J connectivity index is 1.47. The van der Waals surface area contributed by atoms with Crippen LogP contribution in [-0.2, 0) is 13.0 Å². The lowest BCUT2D eigenvalue weighted by molar-refractivity contribution is 0.0907. The fraction of sp³-hybridized carbons (Fsp3) is 0.238. The second-order valence-corrected chi connectivity index (χ2v) is 7.73. The minimum atomic E-state index is -0.476. The third kappa shape index (κ3) is 6.44. The summed E-state index contributed by atoms with van der Waals surface area (Å²) in [6.45, 7) is 2.52. The highest BCUT2D eigenvalue weighted by Gasteiger charge is 2.16. The number of likely N-dealkylation sites (N-methyl/N-ethyl adjacent to an activating group) is 1. The lowest BCUT2D eigenvalue weighted by atomic mass is 10.2. The lowest BCUT2D eigenvalue weighted by Crippen LogP contribution is -2.33. The van der Waals surface area contributed by atoms with Crippen molar-refractivity contribution in [1.29, 1.82) is 0 Å². The molecule has 1 aromatic heterocycles. The number of halogens is 2. The molecule has 3 amide bonds. The Morgan fingerprint density at radius 3 is 2.58 bits per heavy atom. The first kappa shape index (κ1) is 22.6. The van der Waals surface area contributed by atoms with Crippen molar-refractivity contribution in [3.8, 4) is 0 Å². The first-order chi connectivity index (χ1) is 14.8. The Bertz CT molecular complexity index is 1070. The molecular weight excluding hydrogens is 441 g/mol. The summed E-state index contributed by atoms with van der Waals surface area (Å²) < 4.78 is 5.02. The zero-order valence-electron chi connectivity index (χ0n) is 17.0. The van der Waals surface area contributed by atoms with Crippen molar-refractivity contribution in [2.75, 3.05) is 18.9 Å². The first-order valence-electron chi connectivity index (χ1n) is 9.45. The minimum absolute atomic E-state index is 0.134. The molecule has 0 aliphatic heterocycles. The number of aryl methyl sites for hydroxylation is 1. The van der Waals surface area contributed by atoms with Crippen LogP contribution in [0.2, 0.25) is 10.0 Å². The van der Waals surface area contributed by atoms with Crippen LogP contribution in [0.15, 0.2) is 47.0 Å². The zero-order valence-corrected chi connectivity index (χ0v) is 18.5. The summed E-state index contributed by atoms with van der Waals surface area (Å²) in [4.78, 5) is 30.1. The van der Waals surface area contributed by atoms with Gasteiger partial charge in [0.25, 0.3) is 0 Å². The van der Waals surface area contributed by atoms with Gasteiger partial charge in [-0.25, -0.2) is 4.79 Å². The van der Waals surface area contributed by atoms with E-state index in [1.54, 1.807) is 31.3 Å². The summed E-state index contributed by atoms with van der Waals surface area (Å²) in [5.41, 5.74) is 2.42. The van der Waals surface area contributed by atoms with Gasteiger partial charge in [-0.1, -0.05) is 46.6 Å². The van der Waals surface area contributed by atoms with E-state index >= 15 is 0 Å². The molecule has 0 unspecified atom stereocenters. The molecule has 0 fully saturated rings. The van der Waals surface area contributed by atoms with Crippen LogP contribution < -0.4 is 10.6 Å². The summed E-state index contributed by atoms with van der Waals surface area (Å²) >= 11 is 11.9. The van der Waals surface area contributed by atoms with E-state index in [9.17, 15) is 9.59 Å². The monoisotopic (exact) mass is 461 g/mol. The second kappa shape index (κ2) is 10.3. The molecule has 0 aliphatic carbocycles. The first-order valence-corrected chi connectivity index (χ1v) is 10.2. The standard InChI is InChI=1S/C21H21Cl2N5O3/c1-13-3-8-16(11-17(13)23)25-21(30)28(2)10-9-18-26-20(31-27-18)19(29)24-12-14-4-6-15(22)7-5-14/h3-8,11H,9-10,12H2,1-2H3,(H,24,29)(H,25,30). The van der Waals surface area contributed by atoms with E-state index < -0.39 is 5.91 Å². The van der Waals surface area contributed by atoms with Crippen LogP contribution >= 0.6 is 23.2 Å². The van der Waals surface area contributed by atoms with Crippen LogP contribution in [0.3, 0.4) is 0 Å². The van der Waals surface area contributed by atoms with Crippen LogP contribution in [0, 0.1) is 6.92 Å². The summed E-state index contributed by atoms with van der Waals surface area (Å²) in [6.07, 6.45) is 0.326. The molecule has 162 valence electrons. The molecule has 2 N–H and O–H groups in total. The number of urea groups is 1. The molecule has 0 saturated carbocycles. The van der Waals surface area contributed by atoms with Crippen molar-refractivity contribution in [3.63, 3.8) is 0 Å². The number of amides is 3. The Kier molecular flexibility index (Phi) is 7.49. The van der Waals surface area contributed by atoms with Crippen molar-refractivity contribution in [2.45, 2.75) is 19.9 Å². The van der Waals surface area contributed by atoms with Crippen LogP contribution in [0.1, 0.15) is 27.6 Å². The molecule has 3 aromatic rings. The van der Waals surface area contributed by atoms with Gasteiger partial charge in [0, 0.05) is 42.3 Å². The van der Waals surface area contributed by atoms with Gasteiger partial charge in [-0.3, -0.25) is 4.79 Å². The molecule has 0 spiro atoms. The smallest absolute Gasteiger partial charge is 0.321 e. The molecule has 0 saturated heterocycles. The molecule has 8 nitrogen and oxygen atoms in total. The van der Waals surface area contributed by atoms with Gasteiger partial charge in [-0.2, -0.15) is 4.98 Å². The van der Waals surface area contributed by atoms with Crippen LogP contribution in [0.4, 0.5) is 10.5 Å². The SMILES string of the molecule is Cc1ccc(NC(=O)N(C)CCc2noc(C(=O)NCc3ccc(Cl)cc3)n2)cc1Cl. The summed E-state index contributed by atoms with van der Waals surface area (Å²) in [6, 6.07) is 12.1. The van der Waals surface area contributed by atoms with Crippen LogP contribution in [0.25, 0.3) is 0 Å². The van der Waals surface area contributed by atoms with Gasteiger partial charge < -0.3 is 20.1 Å². The van der Waals surface area contributed by atoms with E-state index in [1.165, 1.54) is 4.90 Å². The number of hydrogen-bond acceptors (Lipinski definition) is 5. The molecule has 1 heterocycles. The topological polar surface area (TPSA) is 100 Å². The molecule has 0 radical (unpaired) electrons. The molecule has 0 bridgehead atoms. The predicted octanol–water partition coefficient (Wildman–Crippen LogP) is 4.32. The van der Waals surface area contributed by atoms with E-state index in [0.717, 1.165) is 11.1 Å². The normalized spacial score (nSPS) is 10.6. The minimum Gasteiger partial charge on any atom is -0.344 e. The number of nitrogens with one attached hydrogen (secondary N) is 2. The number of aromatic nitrogens is 2. The summed E-state index contributed by atoms with van der Waals surface area (Å²) in [5.74, 6) is -0.281. The van der Waals surface area contributed by atoms with Crippen molar-refractivity contribution in [3.05, 3.63) is 75.4 Å². The van der Waals surface area contributed by atoms with Gasteiger partial charge in [-0.15, -0.1) is 0 Å². The molecular formula is C21H21Cl2N5O3. The Labute approximate surface area is 189 Å². The Morgan fingerprint density at radius 1 is 1.13 bits per heavy atom. The Morgan fingerprint density at radius 2 is 1.87 bits per heavy atom. The van der Waals surface area contributed by atoms with Crippen molar-refractivity contribution in [2.24, 2.45) is 0 Å². The average molecular weight is 462 g/mol. The lowest BCUT2D eigenvalue weighted by Gasteiger charge is -2.17. The summed E-state index contributed by atoms with van der Waals surface area (Å²) in [7, 11) is 1.64. The van der Waals surface area contributed by atoms with E-state index in [4.69, 9.17) is 27.7 Å². The average Bonchev–Trinajstić information content (AvgIpc) is 3.23. The zero-order chi connectivity index (χ0) is 22.4. The predicted molar refractivity (Wildman–Crippen MR) is 118 cm³/mol. The van der Waals surface area contributed by atoms with Gasteiger partial charge in [0.15, 0.2) is 5.82 Å². The number of hydrogen-bond donors (Lipinski definition) is 2. The highest BCUT2D eigenvalue weighted by molar-refractivity contribution is 6.31. The van der Waals surface area contributed by atoms with E-state index in [1.807, 2.05) is 25.1 Å². The molecule has 3 rings (SSSR count). The van der Waals surface area contributed by atoms with Crippen molar-refractivity contribution < 1.29 is 14.1 Å². The van der Waals surface area contributed by atoms with Crippen molar-refractivity contribution >= 4 is 40.8 Å². The maximum Gasteiger partial charge on any atom is 0.321 e. The van der Waals surface area contributed by atoms with Gasteiger partial charge in [0.2, 0.25) is 0 Å². The van der Waals surface area contributed by atoms with E-state index in [0.29, 0.717) is 41.1 Å². The third-order valence-corrected chi connectivity index (χ3v) is 5.13. The number of nitrogens with zero attached hydrogens (tertiary/aromatic N) is 3. The highest BCUT2D eigenvalue weighted by atomic mass is 35.5. The quantitative estimate of drug-likeness (QED) is 0.545. The summed E-state index contributed by atoms with van der Waals surface area (Å²) in [5, 5.41) is 10.5. The number of carbonyl (C=O) groups excluding carboxylic acids is 2. The largest absolute Gasteiger partial charge is 0.344 e. The fourth-order valence-electron chi connectivity index (χ4n) is 2.57. The number of benzene rings is 2. The molecule has 2 aromatic carbocycles. The van der Waals surface area contributed by atoms with E-state index in [2.05, 4.69) is 20.8 Å². The van der Waals surface area contributed by atoms with Crippen LogP contribution in [-0.4, -0.2) is 40.6 Å².